The van der Waals surface area contributed by atoms with E-state index in [2.05, 4.69) is 0 Å². The molecule has 0 aromatic heterocycles. The first kappa shape index (κ1) is 19.5. The van der Waals surface area contributed by atoms with Crippen LogP contribution in [0.15, 0.2) is 18.2 Å². The Morgan fingerprint density at radius 3 is 2.65 bits per heavy atom. The van der Waals surface area contributed by atoms with Gasteiger partial charge in [0.25, 0.3) is 0 Å². The third-order valence-corrected chi connectivity index (χ3v) is 3.66. The molecule has 0 saturated heterocycles. The number of aryl methyl sites for hydroxylation is 1. The Morgan fingerprint density at radius 2 is 2.09 bits per heavy atom. The van der Waals surface area contributed by atoms with Crippen LogP contribution in [0.1, 0.15) is 17.5 Å². The lowest BCUT2D eigenvalue weighted by Crippen LogP contribution is -2.34. The molecule has 0 saturated carbocycles. The van der Waals surface area contributed by atoms with E-state index in [1.807, 2.05) is 6.92 Å². The van der Waals surface area contributed by atoms with Gasteiger partial charge in [0.05, 0.1) is 12.4 Å². The average Bonchev–Trinajstić information content (AvgIpc) is 2.47. The zero-order valence-electron chi connectivity index (χ0n) is 12.8. The smallest absolute Gasteiger partial charge is 0.416 e. The molecule has 0 spiro atoms. The second-order valence-corrected chi connectivity index (χ2v) is 5.71. The van der Waals surface area contributed by atoms with Crippen LogP contribution in [0.2, 0.25) is 0 Å². The second kappa shape index (κ2) is 9.60. The highest BCUT2D eigenvalue weighted by atomic mass is 35.5. The molecule has 6 nitrogen and oxygen atoms in total. The quantitative estimate of drug-likeness (QED) is 0.547. The van der Waals surface area contributed by atoms with Gasteiger partial charge in [-0.25, -0.2) is 4.79 Å². The van der Waals surface area contributed by atoms with Gasteiger partial charge in [0, 0.05) is 18.5 Å². The number of ether oxygens (including phenoxy) is 1. The molecule has 1 amide bonds. The van der Waals surface area contributed by atoms with Crippen molar-refractivity contribution in [3.05, 3.63) is 29.3 Å². The second-order valence-electron chi connectivity index (χ2n) is 5.09. The number of carboxylic acids is 1. The molecule has 0 unspecified atom stereocenters. The molecule has 1 aromatic rings. The number of hydrogen-bond acceptors (Lipinski definition) is 4. The summed E-state index contributed by atoms with van der Waals surface area (Å²) in [6.45, 7) is 2.17. The van der Waals surface area contributed by atoms with Crippen molar-refractivity contribution in [2.75, 3.05) is 18.4 Å². The van der Waals surface area contributed by atoms with Crippen molar-refractivity contribution in [2.45, 2.75) is 25.8 Å². The summed E-state index contributed by atoms with van der Waals surface area (Å²) in [7, 11) is 0. The fraction of sp³-hybridized carbons (Fsp3) is 0.467. The molecule has 0 bridgehead atoms. The van der Waals surface area contributed by atoms with Crippen LogP contribution in [0.3, 0.4) is 0 Å². The van der Waals surface area contributed by atoms with Gasteiger partial charge in [-0.3, -0.25) is 9.69 Å². The maximum atomic E-state index is 12.0. The Bertz CT molecular complexity index is 554. The van der Waals surface area contributed by atoms with Gasteiger partial charge in [-0.2, -0.15) is 0 Å². The van der Waals surface area contributed by atoms with Crippen LogP contribution in [0.5, 0.6) is 5.75 Å². The van der Waals surface area contributed by atoms with E-state index in [1.165, 1.54) is 4.90 Å². The van der Waals surface area contributed by atoms with Crippen LogP contribution >= 0.6 is 23.2 Å². The molecule has 0 aliphatic heterocycles. The first-order valence-corrected chi connectivity index (χ1v) is 8.09. The van der Waals surface area contributed by atoms with Crippen molar-refractivity contribution in [3.8, 4) is 5.75 Å². The summed E-state index contributed by atoms with van der Waals surface area (Å²) in [5, 5.41) is 8.77. The van der Waals surface area contributed by atoms with E-state index < -0.39 is 18.1 Å². The SMILES string of the molecule is Cc1ccc(OC(=O)N(CCl)CCCl)cc1C[C@@H](N)CC(=O)O. The van der Waals surface area contributed by atoms with Crippen LogP contribution < -0.4 is 10.5 Å². The number of alkyl halides is 2. The highest BCUT2D eigenvalue weighted by Crippen LogP contribution is 2.20. The van der Waals surface area contributed by atoms with Crippen molar-refractivity contribution < 1.29 is 19.4 Å². The number of halogens is 2. The lowest BCUT2D eigenvalue weighted by Gasteiger charge is -2.18. The summed E-state index contributed by atoms with van der Waals surface area (Å²) in [5.41, 5.74) is 7.58. The van der Waals surface area contributed by atoms with Crippen LogP contribution in [-0.4, -0.2) is 46.5 Å². The third-order valence-electron chi connectivity index (χ3n) is 3.20. The lowest BCUT2D eigenvalue weighted by molar-refractivity contribution is -0.137. The molecule has 23 heavy (non-hydrogen) atoms. The molecule has 0 aliphatic rings. The highest BCUT2D eigenvalue weighted by molar-refractivity contribution is 6.19. The maximum Gasteiger partial charge on any atom is 0.416 e. The van der Waals surface area contributed by atoms with Gasteiger partial charge in [0.1, 0.15) is 5.75 Å². The summed E-state index contributed by atoms with van der Waals surface area (Å²) in [6.07, 6.45) is -0.339. The molecule has 1 rings (SSSR count). The molecule has 3 N–H and O–H groups in total. The maximum absolute atomic E-state index is 12.0. The van der Waals surface area contributed by atoms with Gasteiger partial charge < -0.3 is 15.6 Å². The van der Waals surface area contributed by atoms with Gasteiger partial charge in [-0.05, 0) is 36.6 Å². The number of carbonyl (C=O) groups excluding carboxylic acids is 1. The monoisotopic (exact) mass is 362 g/mol. The van der Waals surface area contributed by atoms with E-state index in [9.17, 15) is 9.59 Å². The zero-order chi connectivity index (χ0) is 17.4. The normalized spacial score (nSPS) is 11.8. The molecule has 128 valence electrons. The molecule has 8 heteroatoms. The van der Waals surface area contributed by atoms with Crippen molar-refractivity contribution in [2.24, 2.45) is 5.73 Å². The number of benzene rings is 1. The third kappa shape index (κ3) is 6.64. The predicted molar refractivity (Wildman–Crippen MR) is 89.3 cm³/mol. The van der Waals surface area contributed by atoms with Crippen molar-refractivity contribution >= 4 is 35.3 Å². The Kier molecular flexibility index (Phi) is 8.16. The largest absolute Gasteiger partial charge is 0.481 e. The average molecular weight is 363 g/mol. The number of carboxylic acid groups (broad SMARTS) is 1. The Balaban J connectivity index is 2.80. The van der Waals surface area contributed by atoms with E-state index in [-0.39, 0.29) is 24.8 Å². The highest BCUT2D eigenvalue weighted by Gasteiger charge is 2.16. The molecule has 1 atom stereocenters. The Morgan fingerprint density at radius 1 is 1.39 bits per heavy atom. The van der Waals surface area contributed by atoms with E-state index >= 15 is 0 Å². The number of carbonyl (C=O) groups is 2. The Labute approximate surface area is 145 Å². The van der Waals surface area contributed by atoms with E-state index in [0.29, 0.717) is 12.2 Å². The van der Waals surface area contributed by atoms with Crippen LogP contribution in [-0.2, 0) is 11.2 Å². The Hall–Kier alpha value is -1.50. The van der Waals surface area contributed by atoms with Crippen LogP contribution in [0, 0.1) is 6.92 Å². The van der Waals surface area contributed by atoms with Crippen LogP contribution in [0.4, 0.5) is 4.79 Å². The lowest BCUT2D eigenvalue weighted by atomic mass is 9.99. The number of nitrogens with two attached hydrogens (primary N) is 1. The number of aliphatic carboxylic acids is 1. The van der Waals surface area contributed by atoms with Crippen molar-refractivity contribution in [3.63, 3.8) is 0 Å². The molecule has 0 radical (unpaired) electrons. The van der Waals surface area contributed by atoms with Crippen molar-refractivity contribution in [1.29, 1.82) is 0 Å². The minimum absolute atomic E-state index is 0.0201. The fourth-order valence-corrected chi connectivity index (χ4v) is 2.40. The minimum atomic E-state index is -0.948. The summed E-state index contributed by atoms with van der Waals surface area (Å²) in [4.78, 5) is 23.9. The number of nitrogens with zero attached hydrogens (tertiary/aromatic N) is 1. The van der Waals surface area contributed by atoms with Gasteiger partial charge in [0.2, 0.25) is 0 Å². The number of rotatable bonds is 8. The van der Waals surface area contributed by atoms with E-state index in [1.54, 1.807) is 18.2 Å². The van der Waals surface area contributed by atoms with Crippen LogP contribution in [0.25, 0.3) is 0 Å². The number of amides is 1. The van der Waals surface area contributed by atoms with Gasteiger partial charge >= 0.3 is 12.1 Å². The first-order valence-electron chi connectivity index (χ1n) is 7.03. The standard InChI is InChI=1S/C15H20Cl2N2O4/c1-10-2-3-13(23-15(22)19(9-17)5-4-16)7-11(10)6-12(18)8-14(20)21/h2-3,7,12H,4-6,8-9,18H2,1H3,(H,20,21)/t12-/m1/s1. The van der Waals surface area contributed by atoms with Gasteiger partial charge in [-0.15, -0.1) is 23.2 Å². The van der Waals surface area contributed by atoms with Gasteiger partial charge in [0.15, 0.2) is 0 Å². The van der Waals surface area contributed by atoms with Crippen molar-refractivity contribution in [1.82, 2.24) is 4.90 Å². The molecular weight excluding hydrogens is 343 g/mol. The molecular formula is C15H20Cl2N2O4. The van der Waals surface area contributed by atoms with Gasteiger partial charge in [-0.1, -0.05) is 6.07 Å². The topological polar surface area (TPSA) is 92.9 Å². The summed E-state index contributed by atoms with van der Waals surface area (Å²) in [6, 6.07) is 4.60. The zero-order valence-corrected chi connectivity index (χ0v) is 14.3. The molecule has 0 aliphatic carbocycles. The molecule has 0 fully saturated rings. The summed E-state index contributed by atoms with van der Waals surface area (Å²) in [5.74, 6) is -0.343. The molecule has 1 aromatic carbocycles. The summed E-state index contributed by atoms with van der Waals surface area (Å²) >= 11 is 11.3. The number of hydrogen-bond donors (Lipinski definition) is 2. The summed E-state index contributed by atoms with van der Waals surface area (Å²) < 4.78 is 5.27. The molecule has 0 heterocycles. The fourth-order valence-electron chi connectivity index (χ4n) is 1.98. The predicted octanol–water partition coefficient (Wildman–Crippen LogP) is 2.58. The minimum Gasteiger partial charge on any atom is -0.481 e. The van der Waals surface area contributed by atoms with E-state index in [4.69, 9.17) is 38.8 Å². The van der Waals surface area contributed by atoms with E-state index in [0.717, 1.165) is 11.1 Å². The first-order chi connectivity index (χ1) is 10.9.